The summed E-state index contributed by atoms with van der Waals surface area (Å²) >= 11 is 0. The van der Waals surface area contributed by atoms with E-state index in [1.165, 1.54) is 24.5 Å². The third kappa shape index (κ3) is 3.59. The molecule has 1 amide bonds. The van der Waals surface area contributed by atoms with Crippen LogP contribution in [-0.2, 0) is 17.9 Å². The third-order valence-corrected chi connectivity index (χ3v) is 4.07. The number of non-ortho nitro benzene ring substituents is 1. The molecular weight excluding hydrogens is 336 g/mol. The predicted molar refractivity (Wildman–Crippen MR) is 95.7 cm³/mol. The fourth-order valence-corrected chi connectivity index (χ4v) is 2.59. The molecule has 3 aromatic rings. The molecule has 0 saturated carbocycles. The SMILES string of the molecule is Cc1ccccc1CNC(=O)Cn1cnc2ccc([N+](=O)[O-])cc2c1=O. The molecule has 8 nitrogen and oxygen atoms in total. The largest absolute Gasteiger partial charge is 0.350 e. The van der Waals surface area contributed by atoms with E-state index in [0.29, 0.717) is 12.1 Å². The van der Waals surface area contributed by atoms with Crippen LogP contribution in [0.25, 0.3) is 10.9 Å². The van der Waals surface area contributed by atoms with Gasteiger partial charge in [0.1, 0.15) is 6.54 Å². The van der Waals surface area contributed by atoms with Crippen molar-refractivity contribution in [1.82, 2.24) is 14.9 Å². The van der Waals surface area contributed by atoms with Crippen LogP contribution in [0.4, 0.5) is 5.69 Å². The summed E-state index contributed by atoms with van der Waals surface area (Å²) in [7, 11) is 0. The quantitative estimate of drug-likeness (QED) is 0.558. The number of rotatable bonds is 5. The van der Waals surface area contributed by atoms with Crippen LogP contribution >= 0.6 is 0 Å². The average molecular weight is 352 g/mol. The number of hydrogen-bond acceptors (Lipinski definition) is 5. The van der Waals surface area contributed by atoms with E-state index in [0.717, 1.165) is 15.7 Å². The van der Waals surface area contributed by atoms with E-state index in [4.69, 9.17) is 0 Å². The molecule has 0 saturated heterocycles. The molecule has 0 aliphatic carbocycles. The molecular formula is C18H16N4O4. The number of nitro benzene ring substituents is 1. The summed E-state index contributed by atoms with van der Waals surface area (Å²) < 4.78 is 1.14. The molecule has 2 aromatic carbocycles. The summed E-state index contributed by atoms with van der Waals surface area (Å²) in [6.07, 6.45) is 1.27. The highest BCUT2D eigenvalue weighted by atomic mass is 16.6. The summed E-state index contributed by atoms with van der Waals surface area (Å²) in [5.41, 5.74) is 1.70. The van der Waals surface area contributed by atoms with E-state index in [2.05, 4.69) is 10.3 Å². The minimum atomic E-state index is -0.578. The lowest BCUT2D eigenvalue weighted by Gasteiger charge is -2.09. The molecule has 26 heavy (non-hydrogen) atoms. The van der Waals surface area contributed by atoms with Crippen LogP contribution in [0.2, 0.25) is 0 Å². The summed E-state index contributed by atoms with van der Waals surface area (Å²) in [5.74, 6) is -0.345. The van der Waals surface area contributed by atoms with Crippen molar-refractivity contribution in [3.8, 4) is 0 Å². The van der Waals surface area contributed by atoms with Gasteiger partial charge in [0.2, 0.25) is 5.91 Å². The highest BCUT2D eigenvalue weighted by Gasteiger charge is 2.12. The summed E-state index contributed by atoms with van der Waals surface area (Å²) in [6, 6.07) is 11.5. The zero-order chi connectivity index (χ0) is 18.7. The van der Waals surface area contributed by atoms with Crippen molar-refractivity contribution in [2.24, 2.45) is 0 Å². The number of aryl methyl sites for hydroxylation is 1. The van der Waals surface area contributed by atoms with Crippen LogP contribution in [0.5, 0.6) is 0 Å². The number of nitrogens with one attached hydrogen (secondary N) is 1. The molecule has 0 aliphatic rings. The van der Waals surface area contributed by atoms with Gasteiger partial charge >= 0.3 is 0 Å². The van der Waals surface area contributed by atoms with Gasteiger partial charge in [-0.1, -0.05) is 24.3 Å². The second-order valence-electron chi connectivity index (χ2n) is 5.84. The predicted octanol–water partition coefficient (Wildman–Crippen LogP) is 1.93. The van der Waals surface area contributed by atoms with Crippen LogP contribution in [0.3, 0.4) is 0 Å². The topological polar surface area (TPSA) is 107 Å². The van der Waals surface area contributed by atoms with Gasteiger partial charge in [-0.05, 0) is 24.1 Å². The van der Waals surface area contributed by atoms with Gasteiger partial charge in [0.15, 0.2) is 0 Å². The van der Waals surface area contributed by atoms with E-state index in [-0.39, 0.29) is 23.5 Å². The van der Waals surface area contributed by atoms with Crippen LogP contribution < -0.4 is 10.9 Å². The fraction of sp³-hybridized carbons (Fsp3) is 0.167. The standard InChI is InChI=1S/C18H16N4O4/c1-12-4-2-3-5-13(12)9-19-17(23)10-21-11-20-16-7-6-14(22(25)26)8-15(16)18(21)24/h2-8,11H,9-10H2,1H3,(H,19,23). The van der Waals surface area contributed by atoms with Crippen molar-refractivity contribution in [3.63, 3.8) is 0 Å². The first kappa shape index (κ1) is 17.3. The molecule has 3 rings (SSSR count). The maximum Gasteiger partial charge on any atom is 0.270 e. The average Bonchev–Trinajstić information content (AvgIpc) is 2.63. The maximum atomic E-state index is 12.5. The Morgan fingerprint density at radius 3 is 2.77 bits per heavy atom. The monoisotopic (exact) mass is 352 g/mol. The van der Waals surface area contributed by atoms with Gasteiger partial charge in [0.25, 0.3) is 11.2 Å². The van der Waals surface area contributed by atoms with Crippen molar-refractivity contribution >= 4 is 22.5 Å². The normalized spacial score (nSPS) is 10.7. The smallest absolute Gasteiger partial charge is 0.270 e. The molecule has 0 spiro atoms. The van der Waals surface area contributed by atoms with E-state index < -0.39 is 10.5 Å². The van der Waals surface area contributed by atoms with E-state index >= 15 is 0 Å². The first-order valence-electron chi connectivity index (χ1n) is 7.90. The second kappa shape index (κ2) is 7.14. The van der Waals surface area contributed by atoms with Crippen molar-refractivity contribution in [2.45, 2.75) is 20.0 Å². The van der Waals surface area contributed by atoms with Crippen molar-refractivity contribution < 1.29 is 9.72 Å². The summed E-state index contributed by atoms with van der Waals surface area (Å²) in [5, 5.41) is 13.7. The molecule has 1 aromatic heterocycles. The number of carbonyl (C=O) groups is 1. The van der Waals surface area contributed by atoms with Gasteiger partial charge in [0, 0.05) is 18.7 Å². The molecule has 0 bridgehead atoms. The van der Waals surface area contributed by atoms with Gasteiger partial charge in [0.05, 0.1) is 22.2 Å². The van der Waals surface area contributed by atoms with Crippen LogP contribution in [0.1, 0.15) is 11.1 Å². The highest BCUT2D eigenvalue weighted by molar-refractivity contribution is 5.80. The van der Waals surface area contributed by atoms with Crippen LogP contribution in [0.15, 0.2) is 53.6 Å². The Kier molecular flexibility index (Phi) is 4.74. The molecule has 0 aliphatic heterocycles. The molecule has 132 valence electrons. The summed E-state index contributed by atoms with van der Waals surface area (Å²) in [4.78, 5) is 39.0. The van der Waals surface area contributed by atoms with E-state index in [1.54, 1.807) is 0 Å². The van der Waals surface area contributed by atoms with Crippen LogP contribution in [-0.4, -0.2) is 20.4 Å². The lowest BCUT2D eigenvalue weighted by atomic mass is 10.1. The van der Waals surface area contributed by atoms with Crippen molar-refractivity contribution in [1.29, 1.82) is 0 Å². The zero-order valence-corrected chi connectivity index (χ0v) is 14.0. The molecule has 1 heterocycles. The van der Waals surface area contributed by atoms with Crippen molar-refractivity contribution in [2.75, 3.05) is 0 Å². The number of hydrogen-bond donors (Lipinski definition) is 1. The van der Waals surface area contributed by atoms with E-state index in [9.17, 15) is 19.7 Å². The van der Waals surface area contributed by atoms with E-state index in [1.807, 2.05) is 31.2 Å². The Morgan fingerprint density at radius 1 is 1.27 bits per heavy atom. The molecule has 0 radical (unpaired) electrons. The number of aromatic nitrogens is 2. The first-order chi connectivity index (χ1) is 12.5. The number of nitrogens with zero attached hydrogens (tertiary/aromatic N) is 3. The minimum absolute atomic E-state index is 0.105. The number of nitro groups is 1. The molecule has 0 atom stereocenters. The van der Waals surface area contributed by atoms with Gasteiger partial charge in [-0.2, -0.15) is 0 Å². The molecule has 0 fully saturated rings. The Labute approximate surface area is 148 Å². The molecule has 8 heteroatoms. The Balaban J connectivity index is 1.79. The first-order valence-corrected chi connectivity index (χ1v) is 7.90. The van der Waals surface area contributed by atoms with Gasteiger partial charge in [-0.25, -0.2) is 4.98 Å². The Bertz CT molecular complexity index is 1060. The molecule has 1 N–H and O–H groups in total. The second-order valence-corrected chi connectivity index (χ2v) is 5.84. The molecule has 0 unspecified atom stereocenters. The lowest BCUT2D eigenvalue weighted by Crippen LogP contribution is -2.32. The third-order valence-electron chi connectivity index (χ3n) is 4.07. The zero-order valence-electron chi connectivity index (χ0n) is 14.0. The fourth-order valence-electron chi connectivity index (χ4n) is 2.59. The van der Waals surface area contributed by atoms with Gasteiger partial charge in [-0.3, -0.25) is 24.3 Å². The Morgan fingerprint density at radius 2 is 2.04 bits per heavy atom. The highest BCUT2D eigenvalue weighted by Crippen LogP contribution is 2.16. The van der Waals surface area contributed by atoms with Crippen molar-refractivity contribution in [3.05, 3.63) is 80.4 Å². The Hall–Kier alpha value is -3.55. The minimum Gasteiger partial charge on any atom is -0.350 e. The number of carbonyl (C=O) groups excluding carboxylic acids is 1. The van der Waals surface area contributed by atoms with Crippen LogP contribution in [0, 0.1) is 17.0 Å². The lowest BCUT2D eigenvalue weighted by molar-refractivity contribution is -0.384. The number of benzene rings is 2. The summed E-state index contributed by atoms with van der Waals surface area (Å²) in [6.45, 7) is 2.09. The maximum absolute atomic E-state index is 12.5. The number of amides is 1. The van der Waals surface area contributed by atoms with Gasteiger partial charge in [-0.15, -0.1) is 0 Å². The number of fused-ring (bicyclic) bond motifs is 1. The van der Waals surface area contributed by atoms with Gasteiger partial charge < -0.3 is 5.32 Å².